The molecule has 1 saturated heterocycles. The van der Waals surface area contributed by atoms with E-state index in [1.165, 1.54) is 13.2 Å². The summed E-state index contributed by atoms with van der Waals surface area (Å²) in [4.78, 5) is 25.3. The topological polar surface area (TPSA) is 66.8 Å². The molecule has 0 spiro atoms. The maximum absolute atomic E-state index is 12.1. The van der Waals surface area contributed by atoms with Crippen LogP contribution in [0.15, 0.2) is 30.3 Å². The summed E-state index contributed by atoms with van der Waals surface area (Å²) in [6.45, 7) is 1.07. The molecule has 1 heterocycles. The van der Waals surface area contributed by atoms with Crippen LogP contribution in [0.2, 0.25) is 0 Å². The molecule has 1 aliphatic heterocycles. The lowest BCUT2D eigenvalue weighted by Crippen LogP contribution is -2.41. The summed E-state index contributed by atoms with van der Waals surface area (Å²) in [7, 11) is 1.37. The number of piperidine rings is 1. The number of amides is 1. The number of hydrogen-bond donors (Lipinski definition) is 1. The quantitative estimate of drug-likeness (QED) is 0.681. The van der Waals surface area contributed by atoms with Crippen molar-refractivity contribution >= 4 is 18.0 Å². The second-order valence-electron chi connectivity index (χ2n) is 5.07. The normalized spacial score (nSPS) is 18.7. The van der Waals surface area contributed by atoms with Crippen LogP contribution in [0.25, 0.3) is 6.08 Å². The first-order chi connectivity index (χ1) is 10.1. The first kappa shape index (κ1) is 15.1. The van der Waals surface area contributed by atoms with Gasteiger partial charge in [-0.3, -0.25) is 9.59 Å². The number of carbonyl (C=O) groups excluding carboxylic acids is 2. The van der Waals surface area contributed by atoms with Gasteiger partial charge < -0.3 is 14.7 Å². The molecule has 1 aromatic rings. The molecule has 1 N–H and O–H groups in total. The van der Waals surface area contributed by atoms with Gasteiger partial charge >= 0.3 is 5.97 Å². The molecule has 0 aliphatic carbocycles. The largest absolute Gasteiger partial charge is 0.508 e. The van der Waals surface area contributed by atoms with Gasteiger partial charge in [0, 0.05) is 19.2 Å². The number of ether oxygens (including phenoxy) is 1. The number of likely N-dealkylation sites (tertiary alicyclic amines) is 1. The summed E-state index contributed by atoms with van der Waals surface area (Å²) in [5, 5.41) is 9.20. The Labute approximate surface area is 123 Å². The van der Waals surface area contributed by atoms with Crippen molar-refractivity contribution < 1.29 is 19.4 Å². The van der Waals surface area contributed by atoms with Gasteiger partial charge in [0.1, 0.15) is 5.75 Å². The van der Waals surface area contributed by atoms with E-state index in [0.29, 0.717) is 13.1 Å². The van der Waals surface area contributed by atoms with Crippen LogP contribution in [-0.4, -0.2) is 42.1 Å². The summed E-state index contributed by atoms with van der Waals surface area (Å²) in [5.41, 5.74) is 0.836. The minimum Gasteiger partial charge on any atom is -0.508 e. The van der Waals surface area contributed by atoms with Crippen LogP contribution in [0.1, 0.15) is 18.4 Å². The standard InChI is InChI=1S/C16H19NO4/c1-21-16(20)13-3-2-10-17(11-13)15(19)9-6-12-4-7-14(18)8-5-12/h4-9,13,18H,2-3,10-11H2,1H3/b9-6+. The number of esters is 1. The highest BCUT2D eigenvalue weighted by Crippen LogP contribution is 2.18. The van der Waals surface area contributed by atoms with E-state index in [-0.39, 0.29) is 23.5 Å². The monoisotopic (exact) mass is 289 g/mol. The Hall–Kier alpha value is -2.30. The lowest BCUT2D eigenvalue weighted by Gasteiger charge is -2.30. The average molecular weight is 289 g/mol. The molecular formula is C16H19NO4. The number of phenols is 1. The first-order valence-corrected chi connectivity index (χ1v) is 6.94. The number of rotatable bonds is 3. The summed E-state index contributed by atoms with van der Waals surface area (Å²) < 4.78 is 4.74. The smallest absolute Gasteiger partial charge is 0.310 e. The Morgan fingerprint density at radius 3 is 2.71 bits per heavy atom. The highest BCUT2D eigenvalue weighted by molar-refractivity contribution is 5.92. The Balaban J connectivity index is 1.96. The Morgan fingerprint density at radius 1 is 1.33 bits per heavy atom. The molecule has 1 amide bonds. The summed E-state index contributed by atoms with van der Waals surface area (Å²) >= 11 is 0. The number of methoxy groups -OCH3 is 1. The molecule has 21 heavy (non-hydrogen) atoms. The van der Waals surface area contributed by atoms with Crippen molar-refractivity contribution in [3.8, 4) is 5.75 Å². The summed E-state index contributed by atoms with van der Waals surface area (Å²) in [6, 6.07) is 6.59. The van der Waals surface area contributed by atoms with Crippen LogP contribution >= 0.6 is 0 Å². The van der Waals surface area contributed by atoms with Crippen molar-refractivity contribution in [2.75, 3.05) is 20.2 Å². The number of nitrogens with zero attached hydrogens (tertiary/aromatic N) is 1. The van der Waals surface area contributed by atoms with Crippen molar-refractivity contribution in [3.05, 3.63) is 35.9 Å². The Bertz CT molecular complexity index is 536. The zero-order valence-electron chi connectivity index (χ0n) is 12.0. The van der Waals surface area contributed by atoms with Gasteiger partial charge in [0.2, 0.25) is 5.91 Å². The molecule has 1 unspecified atom stereocenters. The molecule has 1 aromatic carbocycles. The fraction of sp³-hybridized carbons (Fsp3) is 0.375. The lowest BCUT2D eigenvalue weighted by atomic mass is 9.98. The number of benzene rings is 1. The van der Waals surface area contributed by atoms with Gasteiger partial charge in [-0.1, -0.05) is 12.1 Å². The highest BCUT2D eigenvalue weighted by Gasteiger charge is 2.28. The molecule has 1 aliphatic rings. The van der Waals surface area contributed by atoms with E-state index in [2.05, 4.69) is 0 Å². The Kier molecular flexibility index (Phi) is 4.98. The second-order valence-corrected chi connectivity index (χ2v) is 5.07. The SMILES string of the molecule is COC(=O)C1CCCN(C(=O)/C=C/c2ccc(O)cc2)C1. The van der Waals surface area contributed by atoms with Crippen molar-refractivity contribution in [1.82, 2.24) is 4.90 Å². The van der Waals surface area contributed by atoms with Crippen molar-refractivity contribution in [2.24, 2.45) is 5.92 Å². The van der Waals surface area contributed by atoms with E-state index >= 15 is 0 Å². The van der Waals surface area contributed by atoms with Gasteiger partial charge in [0.15, 0.2) is 0 Å². The van der Waals surface area contributed by atoms with Gasteiger partial charge in [-0.05, 0) is 36.6 Å². The van der Waals surface area contributed by atoms with E-state index in [1.54, 1.807) is 35.2 Å². The van der Waals surface area contributed by atoms with Crippen LogP contribution in [0, 0.1) is 5.92 Å². The van der Waals surface area contributed by atoms with Crippen molar-refractivity contribution in [1.29, 1.82) is 0 Å². The van der Waals surface area contributed by atoms with Crippen LogP contribution in [-0.2, 0) is 14.3 Å². The van der Waals surface area contributed by atoms with E-state index < -0.39 is 0 Å². The molecule has 5 heteroatoms. The molecule has 5 nitrogen and oxygen atoms in total. The fourth-order valence-electron chi connectivity index (χ4n) is 2.39. The van der Waals surface area contributed by atoms with Crippen LogP contribution < -0.4 is 0 Å². The average Bonchev–Trinajstić information content (AvgIpc) is 2.53. The van der Waals surface area contributed by atoms with Crippen molar-refractivity contribution in [3.63, 3.8) is 0 Å². The van der Waals surface area contributed by atoms with E-state index in [1.807, 2.05) is 0 Å². The fourth-order valence-corrected chi connectivity index (χ4v) is 2.39. The lowest BCUT2D eigenvalue weighted by molar-refractivity contribution is -0.148. The molecule has 1 fully saturated rings. The number of aromatic hydroxyl groups is 1. The van der Waals surface area contributed by atoms with Gasteiger partial charge in [0.25, 0.3) is 0 Å². The van der Waals surface area contributed by atoms with Crippen LogP contribution in [0.3, 0.4) is 0 Å². The van der Waals surface area contributed by atoms with E-state index in [9.17, 15) is 14.7 Å². The van der Waals surface area contributed by atoms with Gasteiger partial charge in [-0.2, -0.15) is 0 Å². The number of carbonyl (C=O) groups is 2. The van der Waals surface area contributed by atoms with Gasteiger partial charge in [-0.15, -0.1) is 0 Å². The van der Waals surface area contributed by atoms with E-state index in [4.69, 9.17) is 4.74 Å². The molecular weight excluding hydrogens is 270 g/mol. The molecule has 1 atom stereocenters. The van der Waals surface area contributed by atoms with Crippen LogP contribution in [0.4, 0.5) is 0 Å². The molecule has 112 valence electrons. The Morgan fingerprint density at radius 2 is 2.05 bits per heavy atom. The third-order valence-electron chi connectivity index (χ3n) is 3.58. The van der Waals surface area contributed by atoms with Gasteiger partial charge in [0.05, 0.1) is 13.0 Å². The van der Waals surface area contributed by atoms with E-state index in [0.717, 1.165) is 18.4 Å². The zero-order chi connectivity index (χ0) is 15.2. The third-order valence-corrected chi connectivity index (χ3v) is 3.58. The minimum atomic E-state index is -0.255. The number of phenolic OH excluding ortho intramolecular Hbond substituents is 1. The molecule has 0 bridgehead atoms. The minimum absolute atomic E-state index is 0.114. The first-order valence-electron chi connectivity index (χ1n) is 6.94. The predicted octanol–water partition coefficient (Wildman–Crippen LogP) is 1.82. The van der Waals surface area contributed by atoms with Gasteiger partial charge in [-0.25, -0.2) is 0 Å². The highest BCUT2D eigenvalue weighted by atomic mass is 16.5. The number of hydrogen-bond acceptors (Lipinski definition) is 4. The van der Waals surface area contributed by atoms with Crippen LogP contribution in [0.5, 0.6) is 5.75 Å². The maximum atomic E-state index is 12.1. The second kappa shape index (κ2) is 6.92. The molecule has 0 aromatic heterocycles. The predicted molar refractivity (Wildman–Crippen MR) is 78.5 cm³/mol. The molecule has 0 radical (unpaired) electrons. The summed E-state index contributed by atoms with van der Waals surface area (Å²) in [6.07, 6.45) is 4.76. The molecule has 2 rings (SSSR count). The maximum Gasteiger partial charge on any atom is 0.310 e. The zero-order valence-corrected chi connectivity index (χ0v) is 12.0. The third kappa shape index (κ3) is 4.08. The summed E-state index contributed by atoms with van der Waals surface area (Å²) in [5.74, 6) is -0.406. The molecule has 0 saturated carbocycles. The van der Waals surface area contributed by atoms with Crippen molar-refractivity contribution in [2.45, 2.75) is 12.8 Å².